The molecule has 2 fully saturated rings. The lowest BCUT2D eigenvalue weighted by Gasteiger charge is -2.34. The van der Waals surface area contributed by atoms with Gasteiger partial charge in [-0.25, -0.2) is 10.8 Å². The molecule has 1 aliphatic heterocycles. The van der Waals surface area contributed by atoms with Crippen molar-refractivity contribution in [2.75, 3.05) is 25.2 Å². The number of pyridine rings is 1. The van der Waals surface area contributed by atoms with Gasteiger partial charge in [0, 0.05) is 25.3 Å². The van der Waals surface area contributed by atoms with Crippen molar-refractivity contribution in [2.24, 2.45) is 5.84 Å². The van der Waals surface area contributed by atoms with Crippen molar-refractivity contribution in [2.45, 2.75) is 31.5 Å². The molecule has 0 bridgehead atoms. The summed E-state index contributed by atoms with van der Waals surface area (Å²) < 4.78 is 5.47. The summed E-state index contributed by atoms with van der Waals surface area (Å²) in [4.78, 5) is 18.5. The number of rotatable bonds is 5. The van der Waals surface area contributed by atoms with Crippen LogP contribution in [-0.2, 0) is 16.1 Å². The molecule has 1 saturated carbocycles. The molecule has 0 aromatic carbocycles. The van der Waals surface area contributed by atoms with E-state index in [1.54, 1.807) is 6.20 Å². The fraction of sp³-hybridized carbons (Fsp3) is 0.571. The van der Waals surface area contributed by atoms with Crippen LogP contribution in [0.5, 0.6) is 0 Å². The molecule has 2 aliphatic rings. The molecule has 3 rings (SSSR count). The summed E-state index contributed by atoms with van der Waals surface area (Å²) in [7, 11) is 0. The summed E-state index contributed by atoms with van der Waals surface area (Å²) in [5.41, 5.74) is 3.61. The standard InChI is InChI=1S/C14H21N5O2/c15-18-13-7-10(3-4-16-13)8-19-5-6-21-9-12(19)14(20)17-11-1-2-11/h3-4,7,11-12H,1-2,5-6,8-9,15H2,(H,16,18)(H,17,20). The minimum atomic E-state index is -0.221. The Morgan fingerprint density at radius 3 is 3.14 bits per heavy atom. The second-order valence-electron chi connectivity index (χ2n) is 5.54. The van der Waals surface area contributed by atoms with E-state index in [1.807, 2.05) is 12.1 Å². The number of hydrazine groups is 1. The van der Waals surface area contributed by atoms with Gasteiger partial charge in [0.1, 0.15) is 11.9 Å². The van der Waals surface area contributed by atoms with E-state index < -0.39 is 0 Å². The Labute approximate surface area is 123 Å². The lowest BCUT2D eigenvalue weighted by Crippen LogP contribution is -2.53. The highest BCUT2D eigenvalue weighted by atomic mass is 16.5. The van der Waals surface area contributed by atoms with E-state index in [9.17, 15) is 4.79 Å². The molecule has 1 atom stereocenters. The number of nitrogens with one attached hydrogen (secondary N) is 2. The first kappa shape index (κ1) is 14.2. The molecule has 1 aliphatic carbocycles. The van der Waals surface area contributed by atoms with Crippen molar-refractivity contribution in [3.05, 3.63) is 23.9 Å². The van der Waals surface area contributed by atoms with E-state index in [2.05, 4.69) is 20.6 Å². The third-order valence-corrected chi connectivity index (χ3v) is 3.82. The predicted molar refractivity (Wildman–Crippen MR) is 78.2 cm³/mol. The summed E-state index contributed by atoms with van der Waals surface area (Å²) >= 11 is 0. The van der Waals surface area contributed by atoms with Gasteiger partial charge in [-0.3, -0.25) is 9.69 Å². The van der Waals surface area contributed by atoms with Gasteiger partial charge in [-0.1, -0.05) is 0 Å². The molecule has 21 heavy (non-hydrogen) atoms. The molecule has 114 valence electrons. The van der Waals surface area contributed by atoms with Gasteiger partial charge in [-0.2, -0.15) is 0 Å². The summed E-state index contributed by atoms with van der Waals surface area (Å²) in [6.07, 6.45) is 3.90. The third-order valence-electron chi connectivity index (χ3n) is 3.82. The normalized spacial score (nSPS) is 22.8. The fourth-order valence-corrected chi connectivity index (χ4v) is 2.48. The van der Waals surface area contributed by atoms with Crippen LogP contribution in [0.4, 0.5) is 5.82 Å². The number of carbonyl (C=O) groups is 1. The molecule has 7 nitrogen and oxygen atoms in total. The van der Waals surface area contributed by atoms with Crippen LogP contribution in [0, 0.1) is 0 Å². The highest BCUT2D eigenvalue weighted by molar-refractivity contribution is 5.82. The highest BCUT2D eigenvalue weighted by Gasteiger charge is 2.33. The molecule has 1 amide bonds. The van der Waals surface area contributed by atoms with Crippen molar-refractivity contribution >= 4 is 11.7 Å². The van der Waals surface area contributed by atoms with E-state index >= 15 is 0 Å². The maximum Gasteiger partial charge on any atom is 0.239 e. The zero-order chi connectivity index (χ0) is 14.7. The number of hydrogen-bond donors (Lipinski definition) is 3. The number of ether oxygens (including phenoxy) is 1. The quantitative estimate of drug-likeness (QED) is 0.516. The van der Waals surface area contributed by atoms with Crippen LogP contribution in [0.25, 0.3) is 0 Å². The van der Waals surface area contributed by atoms with Gasteiger partial charge < -0.3 is 15.5 Å². The van der Waals surface area contributed by atoms with Gasteiger partial charge in [0.2, 0.25) is 5.91 Å². The number of nitrogens with zero attached hydrogens (tertiary/aromatic N) is 2. The summed E-state index contributed by atoms with van der Waals surface area (Å²) in [6.45, 7) is 2.53. The zero-order valence-electron chi connectivity index (χ0n) is 11.9. The number of aromatic nitrogens is 1. The lowest BCUT2D eigenvalue weighted by molar-refractivity contribution is -0.133. The van der Waals surface area contributed by atoms with Gasteiger partial charge in [-0.05, 0) is 30.5 Å². The Balaban J connectivity index is 1.66. The Morgan fingerprint density at radius 1 is 1.52 bits per heavy atom. The molecule has 7 heteroatoms. The number of carbonyl (C=O) groups excluding carboxylic acids is 1. The number of hydrogen-bond acceptors (Lipinski definition) is 6. The first-order chi connectivity index (χ1) is 10.3. The monoisotopic (exact) mass is 291 g/mol. The minimum Gasteiger partial charge on any atom is -0.378 e. The average molecular weight is 291 g/mol. The van der Waals surface area contributed by atoms with Crippen LogP contribution in [-0.4, -0.2) is 47.6 Å². The third kappa shape index (κ3) is 3.69. The summed E-state index contributed by atoms with van der Waals surface area (Å²) in [5, 5.41) is 3.06. The van der Waals surface area contributed by atoms with Gasteiger partial charge in [0.05, 0.1) is 13.2 Å². The Bertz CT molecular complexity index is 506. The Kier molecular flexibility index (Phi) is 4.33. The predicted octanol–water partition coefficient (Wildman–Crippen LogP) is -0.153. The first-order valence-electron chi connectivity index (χ1n) is 7.30. The molecular formula is C14H21N5O2. The van der Waals surface area contributed by atoms with Crippen molar-refractivity contribution in [1.29, 1.82) is 0 Å². The van der Waals surface area contributed by atoms with Crippen LogP contribution < -0.4 is 16.6 Å². The van der Waals surface area contributed by atoms with Crippen LogP contribution >= 0.6 is 0 Å². The second kappa shape index (κ2) is 6.38. The van der Waals surface area contributed by atoms with Crippen molar-refractivity contribution in [3.63, 3.8) is 0 Å². The maximum atomic E-state index is 12.3. The van der Waals surface area contributed by atoms with Crippen LogP contribution in [0.3, 0.4) is 0 Å². The van der Waals surface area contributed by atoms with Gasteiger partial charge >= 0.3 is 0 Å². The molecule has 0 radical (unpaired) electrons. The molecule has 1 unspecified atom stereocenters. The van der Waals surface area contributed by atoms with Gasteiger partial charge in [-0.15, -0.1) is 0 Å². The SMILES string of the molecule is NNc1cc(CN2CCOCC2C(=O)NC2CC2)ccn1. The second-order valence-corrected chi connectivity index (χ2v) is 5.54. The van der Waals surface area contributed by atoms with E-state index in [0.717, 1.165) is 24.9 Å². The van der Waals surface area contributed by atoms with Crippen LogP contribution in [0.1, 0.15) is 18.4 Å². The van der Waals surface area contributed by atoms with Gasteiger partial charge in [0.25, 0.3) is 0 Å². The van der Waals surface area contributed by atoms with Gasteiger partial charge in [0.15, 0.2) is 0 Å². The average Bonchev–Trinajstić information content (AvgIpc) is 3.32. The molecule has 2 heterocycles. The minimum absolute atomic E-state index is 0.0726. The Hall–Kier alpha value is -1.70. The van der Waals surface area contributed by atoms with Crippen molar-refractivity contribution in [1.82, 2.24) is 15.2 Å². The molecule has 1 aromatic heterocycles. The number of morpholine rings is 1. The summed E-state index contributed by atoms with van der Waals surface area (Å²) in [6, 6.07) is 3.98. The topological polar surface area (TPSA) is 92.5 Å². The number of anilines is 1. The zero-order valence-corrected chi connectivity index (χ0v) is 11.9. The Morgan fingerprint density at radius 2 is 2.38 bits per heavy atom. The molecule has 1 saturated heterocycles. The molecular weight excluding hydrogens is 270 g/mol. The molecule has 4 N–H and O–H groups in total. The van der Waals surface area contributed by atoms with E-state index in [0.29, 0.717) is 31.6 Å². The van der Waals surface area contributed by atoms with E-state index in [-0.39, 0.29) is 11.9 Å². The van der Waals surface area contributed by atoms with Crippen molar-refractivity contribution < 1.29 is 9.53 Å². The maximum absolute atomic E-state index is 12.3. The summed E-state index contributed by atoms with van der Waals surface area (Å²) in [5.74, 6) is 6.08. The smallest absolute Gasteiger partial charge is 0.239 e. The van der Waals surface area contributed by atoms with E-state index in [4.69, 9.17) is 10.6 Å². The van der Waals surface area contributed by atoms with Crippen LogP contribution in [0.15, 0.2) is 18.3 Å². The largest absolute Gasteiger partial charge is 0.378 e. The fourth-order valence-electron chi connectivity index (χ4n) is 2.48. The number of nitrogen functional groups attached to an aromatic ring is 1. The molecule has 0 spiro atoms. The number of nitrogens with two attached hydrogens (primary N) is 1. The molecule has 1 aromatic rings. The van der Waals surface area contributed by atoms with E-state index in [1.165, 1.54) is 0 Å². The first-order valence-corrected chi connectivity index (χ1v) is 7.30. The van der Waals surface area contributed by atoms with Crippen LogP contribution in [0.2, 0.25) is 0 Å². The lowest BCUT2D eigenvalue weighted by atomic mass is 10.1. The number of amides is 1. The highest BCUT2D eigenvalue weighted by Crippen LogP contribution is 2.20. The van der Waals surface area contributed by atoms with Crippen molar-refractivity contribution in [3.8, 4) is 0 Å².